The van der Waals surface area contributed by atoms with Crippen LogP contribution in [0.15, 0.2) is 18.2 Å². The number of rotatable bonds is 3. The number of carbonyl (C=O) groups is 1. The van der Waals surface area contributed by atoms with E-state index in [2.05, 4.69) is 0 Å². The van der Waals surface area contributed by atoms with Gasteiger partial charge in [-0.25, -0.2) is 4.39 Å². The van der Waals surface area contributed by atoms with Crippen LogP contribution in [-0.4, -0.2) is 42.7 Å². The van der Waals surface area contributed by atoms with Gasteiger partial charge in [-0.2, -0.15) is 0 Å². The van der Waals surface area contributed by atoms with Crippen LogP contribution in [0.2, 0.25) is 0 Å². The van der Waals surface area contributed by atoms with Crippen molar-refractivity contribution in [3.8, 4) is 5.75 Å². The molecule has 1 aliphatic rings. The van der Waals surface area contributed by atoms with Crippen LogP contribution in [0.5, 0.6) is 5.75 Å². The van der Waals surface area contributed by atoms with Gasteiger partial charge in [0, 0.05) is 25.3 Å². The predicted octanol–water partition coefficient (Wildman–Crippen LogP) is 1.68. The van der Waals surface area contributed by atoms with Gasteiger partial charge >= 0.3 is 0 Å². The summed E-state index contributed by atoms with van der Waals surface area (Å²) in [6.45, 7) is 1.27. The quantitative estimate of drug-likeness (QED) is 0.906. The number of methoxy groups -OCH3 is 1. The molecule has 1 aliphatic heterocycles. The standard InChI is InChI=1S/C14H18FNO3/c1-19-13-5-4-11(7-12(13)15)14(18)16-6-2-3-10(8-16)9-17/h4-5,7,10,17H,2-3,6,8-9H2,1H3. The maximum Gasteiger partial charge on any atom is 0.253 e. The van der Waals surface area contributed by atoms with E-state index in [-0.39, 0.29) is 24.2 Å². The molecule has 0 aliphatic carbocycles. The normalized spacial score (nSPS) is 19.3. The lowest BCUT2D eigenvalue weighted by Crippen LogP contribution is -2.40. The fourth-order valence-corrected chi connectivity index (χ4v) is 2.38. The van der Waals surface area contributed by atoms with E-state index in [1.165, 1.54) is 19.2 Å². The van der Waals surface area contributed by atoms with Crippen LogP contribution < -0.4 is 4.74 Å². The fraction of sp³-hybridized carbons (Fsp3) is 0.500. The summed E-state index contributed by atoms with van der Waals surface area (Å²) in [6, 6.07) is 4.21. The molecule has 1 amide bonds. The van der Waals surface area contributed by atoms with Gasteiger partial charge in [-0.15, -0.1) is 0 Å². The molecule has 1 N–H and O–H groups in total. The monoisotopic (exact) mass is 267 g/mol. The lowest BCUT2D eigenvalue weighted by atomic mass is 9.98. The zero-order valence-electron chi connectivity index (χ0n) is 10.9. The van der Waals surface area contributed by atoms with Crippen molar-refractivity contribution >= 4 is 5.91 Å². The van der Waals surface area contributed by atoms with Crippen molar-refractivity contribution in [3.63, 3.8) is 0 Å². The molecule has 0 saturated carbocycles. The van der Waals surface area contributed by atoms with Crippen molar-refractivity contribution in [1.29, 1.82) is 0 Å². The number of carbonyl (C=O) groups excluding carboxylic acids is 1. The lowest BCUT2D eigenvalue weighted by molar-refractivity contribution is 0.0620. The summed E-state index contributed by atoms with van der Waals surface area (Å²) >= 11 is 0. The molecule has 1 heterocycles. The lowest BCUT2D eigenvalue weighted by Gasteiger charge is -2.31. The fourth-order valence-electron chi connectivity index (χ4n) is 2.38. The van der Waals surface area contributed by atoms with Crippen molar-refractivity contribution in [2.75, 3.05) is 26.8 Å². The zero-order chi connectivity index (χ0) is 13.8. The molecular formula is C14H18FNO3. The number of nitrogens with zero attached hydrogens (tertiary/aromatic N) is 1. The van der Waals surface area contributed by atoms with Crippen molar-refractivity contribution in [1.82, 2.24) is 4.90 Å². The number of amides is 1. The molecular weight excluding hydrogens is 249 g/mol. The first-order valence-electron chi connectivity index (χ1n) is 6.39. The highest BCUT2D eigenvalue weighted by atomic mass is 19.1. The molecule has 0 bridgehead atoms. The van der Waals surface area contributed by atoms with Crippen LogP contribution in [0.1, 0.15) is 23.2 Å². The molecule has 1 fully saturated rings. The van der Waals surface area contributed by atoms with Crippen LogP contribution >= 0.6 is 0 Å². The molecule has 104 valence electrons. The van der Waals surface area contributed by atoms with Crippen LogP contribution in [0, 0.1) is 11.7 Å². The first-order chi connectivity index (χ1) is 9.15. The third kappa shape index (κ3) is 3.04. The van der Waals surface area contributed by atoms with Gasteiger partial charge in [-0.1, -0.05) is 0 Å². The molecule has 4 nitrogen and oxygen atoms in total. The van der Waals surface area contributed by atoms with Gasteiger partial charge in [-0.3, -0.25) is 4.79 Å². The maximum atomic E-state index is 13.6. The Morgan fingerprint density at radius 2 is 2.37 bits per heavy atom. The van der Waals surface area contributed by atoms with Gasteiger partial charge in [0.05, 0.1) is 7.11 Å². The van der Waals surface area contributed by atoms with E-state index in [0.717, 1.165) is 12.8 Å². The minimum atomic E-state index is -0.538. The van der Waals surface area contributed by atoms with Crippen molar-refractivity contribution in [3.05, 3.63) is 29.6 Å². The van der Waals surface area contributed by atoms with Crippen molar-refractivity contribution in [2.24, 2.45) is 5.92 Å². The Hall–Kier alpha value is -1.62. The number of hydrogen-bond acceptors (Lipinski definition) is 3. The molecule has 19 heavy (non-hydrogen) atoms. The average Bonchev–Trinajstić information content (AvgIpc) is 2.46. The van der Waals surface area contributed by atoms with Crippen LogP contribution in [0.25, 0.3) is 0 Å². The Labute approximate surface area is 111 Å². The number of aliphatic hydroxyl groups excluding tert-OH is 1. The Morgan fingerprint density at radius 3 is 3.00 bits per heavy atom. The SMILES string of the molecule is COc1ccc(C(=O)N2CCCC(CO)C2)cc1F. The Balaban J connectivity index is 2.12. The number of halogens is 1. The highest BCUT2D eigenvalue weighted by Crippen LogP contribution is 2.21. The van der Waals surface area contributed by atoms with E-state index < -0.39 is 5.82 Å². The third-order valence-corrected chi connectivity index (χ3v) is 3.46. The molecule has 1 atom stereocenters. The van der Waals surface area contributed by atoms with Crippen LogP contribution in [-0.2, 0) is 0 Å². The van der Waals surface area contributed by atoms with Gasteiger partial charge in [-0.05, 0) is 37.0 Å². The molecule has 1 unspecified atom stereocenters. The van der Waals surface area contributed by atoms with Gasteiger partial charge in [0.2, 0.25) is 0 Å². The molecule has 0 spiro atoms. The van der Waals surface area contributed by atoms with Gasteiger partial charge in [0.1, 0.15) is 0 Å². The minimum Gasteiger partial charge on any atom is -0.494 e. The van der Waals surface area contributed by atoms with E-state index >= 15 is 0 Å². The third-order valence-electron chi connectivity index (χ3n) is 3.46. The van der Waals surface area contributed by atoms with E-state index in [1.807, 2.05) is 0 Å². The average molecular weight is 267 g/mol. The highest BCUT2D eigenvalue weighted by molar-refractivity contribution is 5.94. The summed E-state index contributed by atoms with van der Waals surface area (Å²) < 4.78 is 18.4. The summed E-state index contributed by atoms with van der Waals surface area (Å²) in [5, 5.41) is 9.16. The molecule has 0 radical (unpaired) electrons. The molecule has 0 aromatic heterocycles. The second-order valence-electron chi connectivity index (χ2n) is 4.79. The van der Waals surface area contributed by atoms with E-state index in [1.54, 1.807) is 11.0 Å². The summed E-state index contributed by atoms with van der Waals surface area (Å²) in [4.78, 5) is 13.9. The Bertz CT molecular complexity index is 464. The second kappa shape index (κ2) is 6.02. The zero-order valence-corrected chi connectivity index (χ0v) is 10.9. The van der Waals surface area contributed by atoms with E-state index in [9.17, 15) is 9.18 Å². The summed E-state index contributed by atoms with van der Waals surface area (Å²) in [5.74, 6) is -0.479. The number of aliphatic hydroxyl groups is 1. The van der Waals surface area contributed by atoms with Crippen molar-refractivity contribution < 1.29 is 19.0 Å². The first-order valence-corrected chi connectivity index (χ1v) is 6.39. The Morgan fingerprint density at radius 1 is 1.58 bits per heavy atom. The predicted molar refractivity (Wildman–Crippen MR) is 68.7 cm³/mol. The highest BCUT2D eigenvalue weighted by Gasteiger charge is 2.24. The van der Waals surface area contributed by atoms with Gasteiger partial charge in [0.15, 0.2) is 11.6 Å². The Kier molecular flexibility index (Phi) is 4.37. The van der Waals surface area contributed by atoms with E-state index in [4.69, 9.17) is 9.84 Å². The largest absolute Gasteiger partial charge is 0.494 e. The first kappa shape index (κ1) is 13.8. The number of likely N-dealkylation sites (tertiary alicyclic amines) is 1. The van der Waals surface area contributed by atoms with Gasteiger partial charge in [0.25, 0.3) is 5.91 Å². The number of piperidine rings is 1. The second-order valence-corrected chi connectivity index (χ2v) is 4.79. The molecule has 5 heteroatoms. The summed E-state index contributed by atoms with van der Waals surface area (Å²) in [7, 11) is 1.39. The van der Waals surface area contributed by atoms with Gasteiger partial charge < -0.3 is 14.7 Å². The van der Waals surface area contributed by atoms with E-state index in [0.29, 0.717) is 18.7 Å². The molecule has 2 rings (SSSR count). The minimum absolute atomic E-state index is 0.0841. The summed E-state index contributed by atoms with van der Waals surface area (Å²) in [6.07, 6.45) is 1.80. The number of hydrogen-bond donors (Lipinski definition) is 1. The van der Waals surface area contributed by atoms with Crippen LogP contribution in [0.3, 0.4) is 0 Å². The maximum absolute atomic E-state index is 13.6. The molecule has 1 aromatic rings. The van der Waals surface area contributed by atoms with Crippen LogP contribution in [0.4, 0.5) is 4.39 Å². The number of ether oxygens (including phenoxy) is 1. The van der Waals surface area contributed by atoms with Crippen molar-refractivity contribution in [2.45, 2.75) is 12.8 Å². The molecule has 1 aromatic carbocycles. The summed E-state index contributed by atoms with van der Waals surface area (Å²) in [5.41, 5.74) is 0.317. The topological polar surface area (TPSA) is 49.8 Å². The smallest absolute Gasteiger partial charge is 0.253 e. The number of benzene rings is 1. The molecule has 1 saturated heterocycles.